The lowest BCUT2D eigenvalue weighted by Crippen LogP contribution is -2.36. The van der Waals surface area contributed by atoms with Crippen molar-refractivity contribution in [3.63, 3.8) is 0 Å². The van der Waals surface area contributed by atoms with Crippen LogP contribution in [0.2, 0.25) is 0 Å². The van der Waals surface area contributed by atoms with Gasteiger partial charge in [-0.3, -0.25) is 9.59 Å². The number of carbonyl (C=O) groups is 2. The van der Waals surface area contributed by atoms with Crippen LogP contribution in [0.1, 0.15) is 60.1 Å². The summed E-state index contributed by atoms with van der Waals surface area (Å²) in [5, 5.41) is 3.21. The number of thiophene rings is 1. The second-order valence-electron chi connectivity index (χ2n) is 7.08. The van der Waals surface area contributed by atoms with Gasteiger partial charge in [-0.05, 0) is 58.4 Å². The normalized spacial score (nSPS) is 15.2. The van der Waals surface area contributed by atoms with Gasteiger partial charge in [0.2, 0.25) is 0 Å². The molecule has 2 aromatic heterocycles. The van der Waals surface area contributed by atoms with Crippen molar-refractivity contribution in [1.29, 1.82) is 0 Å². The van der Waals surface area contributed by atoms with Gasteiger partial charge in [-0.25, -0.2) is 9.78 Å². The van der Waals surface area contributed by atoms with Gasteiger partial charge in [0, 0.05) is 6.54 Å². The number of nitrogens with one attached hydrogen (secondary N) is 2. The van der Waals surface area contributed by atoms with E-state index in [0.717, 1.165) is 30.6 Å². The van der Waals surface area contributed by atoms with E-state index in [2.05, 4.69) is 21.4 Å². The number of aromatic nitrogens is 2. The molecule has 1 aliphatic rings. The Hall–Kier alpha value is -2.48. The molecule has 1 amide bonds. The number of nitrogens with zero attached hydrogens (tertiary/aromatic N) is 1. The molecule has 7 nitrogen and oxygen atoms in total. The first-order valence-electron chi connectivity index (χ1n) is 9.53. The summed E-state index contributed by atoms with van der Waals surface area (Å²) in [4.78, 5) is 44.6. The minimum Gasteiger partial charge on any atom is -0.448 e. The summed E-state index contributed by atoms with van der Waals surface area (Å²) in [5.74, 6) is -0.454. The van der Waals surface area contributed by atoms with Gasteiger partial charge in [0.15, 0.2) is 6.10 Å². The minimum absolute atomic E-state index is 0.280. The second kappa shape index (κ2) is 8.68. The van der Waals surface area contributed by atoms with Crippen molar-refractivity contribution < 1.29 is 14.3 Å². The third kappa shape index (κ3) is 4.49. The standard InChI is InChI=1S/C20H25N3O4S/c1-11-15-18(25)22-13(3)23-19(15)28-16(11)20(26)27-12(2)17(24)21-10-9-14-7-5-4-6-8-14/h7,12H,4-6,8-10H2,1-3H3,(H,21,24)(H,22,23,25)/t12-/m1/s1. The number of ether oxygens (including phenoxy) is 1. The fourth-order valence-corrected chi connectivity index (χ4v) is 4.45. The SMILES string of the molecule is Cc1nc2sc(C(=O)O[C@H](C)C(=O)NCCC3=CCCCC3)c(C)c2c(=O)[nH]1. The number of rotatable bonds is 6. The summed E-state index contributed by atoms with van der Waals surface area (Å²) in [6.45, 7) is 5.45. The van der Waals surface area contributed by atoms with Crippen LogP contribution >= 0.6 is 11.3 Å². The fourth-order valence-electron chi connectivity index (χ4n) is 3.34. The Labute approximate surface area is 167 Å². The van der Waals surface area contributed by atoms with Gasteiger partial charge < -0.3 is 15.0 Å². The Morgan fingerprint density at radius 2 is 2.14 bits per heavy atom. The van der Waals surface area contributed by atoms with Crippen molar-refractivity contribution in [2.75, 3.05) is 6.54 Å². The van der Waals surface area contributed by atoms with Crippen LogP contribution < -0.4 is 10.9 Å². The van der Waals surface area contributed by atoms with Crippen LogP contribution in [-0.4, -0.2) is 34.5 Å². The van der Waals surface area contributed by atoms with E-state index in [-0.39, 0.29) is 11.5 Å². The molecule has 3 rings (SSSR count). The van der Waals surface area contributed by atoms with E-state index in [0.29, 0.717) is 33.0 Å². The maximum Gasteiger partial charge on any atom is 0.349 e. The van der Waals surface area contributed by atoms with E-state index >= 15 is 0 Å². The third-order valence-electron chi connectivity index (χ3n) is 4.89. The van der Waals surface area contributed by atoms with Crippen molar-refractivity contribution >= 4 is 33.4 Å². The molecule has 0 spiro atoms. The van der Waals surface area contributed by atoms with Gasteiger partial charge in [-0.2, -0.15) is 0 Å². The lowest BCUT2D eigenvalue weighted by atomic mass is 9.97. The molecule has 8 heteroatoms. The number of esters is 1. The Balaban J connectivity index is 1.60. The molecule has 0 aliphatic heterocycles. The Bertz CT molecular complexity index is 989. The van der Waals surface area contributed by atoms with Crippen LogP contribution in [-0.2, 0) is 9.53 Å². The molecular formula is C20H25N3O4S. The summed E-state index contributed by atoms with van der Waals surface area (Å²) >= 11 is 1.11. The lowest BCUT2D eigenvalue weighted by molar-refractivity contribution is -0.129. The Morgan fingerprint density at radius 3 is 2.86 bits per heavy atom. The number of amides is 1. The number of fused-ring (bicyclic) bond motifs is 1. The zero-order valence-electron chi connectivity index (χ0n) is 16.4. The van der Waals surface area contributed by atoms with Crippen LogP contribution in [0.15, 0.2) is 16.4 Å². The predicted molar refractivity (Wildman–Crippen MR) is 109 cm³/mol. The van der Waals surface area contributed by atoms with Crippen LogP contribution in [0.25, 0.3) is 10.2 Å². The monoisotopic (exact) mass is 403 g/mol. The molecule has 2 aromatic rings. The molecule has 0 fully saturated rings. The first-order chi connectivity index (χ1) is 13.4. The predicted octanol–water partition coefficient (Wildman–Crippen LogP) is 3.15. The number of allylic oxidation sites excluding steroid dienone is 1. The quantitative estimate of drug-likeness (QED) is 0.570. The van der Waals surface area contributed by atoms with E-state index in [1.54, 1.807) is 20.8 Å². The molecule has 1 aliphatic carbocycles. The van der Waals surface area contributed by atoms with Gasteiger partial charge in [0.05, 0.1) is 5.39 Å². The number of hydrogen-bond donors (Lipinski definition) is 2. The van der Waals surface area contributed by atoms with Gasteiger partial charge in [0.1, 0.15) is 15.5 Å². The van der Waals surface area contributed by atoms with E-state index in [1.165, 1.54) is 18.4 Å². The van der Waals surface area contributed by atoms with Crippen LogP contribution in [0.3, 0.4) is 0 Å². The van der Waals surface area contributed by atoms with Crippen LogP contribution in [0.5, 0.6) is 0 Å². The highest BCUT2D eigenvalue weighted by Gasteiger charge is 2.24. The molecule has 1 atom stereocenters. The van der Waals surface area contributed by atoms with Gasteiger partial charge in [0.25, 0.3) is 11.5 Å². The number of H-pyrrole nitrogens is 1. The third-order valence-corrected chi connectivity index (χ3v) is 6.05. The van der Waals surface area contributed by atoms with Crippen molar-refractivity contribution in [1.82, 2.24) is 15.3 Å². The van der Waals surface area contributed by atoms with Gasteiger partial charge in [-0.15, -0.1) is 11.3 Å². The summed E-state index contributed by atoms with van der Waals surface area (Å²) in [7, 11) is 0. The largest absolute Gasteiger partial charge is 0.448 e. The summed E-state index contributed by atoms with van der Waals surface area (Å²) < 4.78 is 5.33. The Kier molecular flexibility index (Phi) is 6.28. The highest BCUT2D eigenvalue weighted by Crippen LogP contribution is 2.27. The van der Waals surface area contributed by atoms with Gasteiger partial charge >= 0.3 is 5.97 Å². The van der Waals surface area contributed by atoms with Crippen molar-refractivity contribution in [3.05, 3.63) is 38.3 Å². The van der Waals surface area contributed by atoms with Gasteiger partial charge in [-0.1, -0.05) is 11.6 Å². The minimum atomic E-state index is -0.912. The fraction of sp³-hybridized carbons (Fsp3) is 0.500. The molecule has 150 valence electrons. The second-order valence-corrected chi connectivity index (χ2v) is 8.08. The highest BCUT2D eigenvalue weighted by molar-refractivity contribution is 7.20. The summed E-state index contributed by atoms with van der Waals surface area (Å²) in [5.41, 5.74) is 1.62. The average molecular weight is 404 g/mol. The topological polar surface area (TPSA) is 101 Å². The highest BCUT2D eigenvalue weighted by atomic mass is 32.1. The number of aromatic amines is 1. The van der Waals surface area contributed by atoms with Crippen molar-refractivity contribution in [3.8, 4) is 0 Å². The van der Waals surface area contributed by atoms with Crippen molar-refractivity contribution in [2.24, 2.45) is 0 Å². The number of aryl methyl sites for hydroxylation is 2. The molecule has 0 radical (unpaired) electrons. The molecule has 28 heavy (non-hydrogen) atoms. The lowest BCUT2D eigenvalue weighted by Gasteiger charge is -2.15. The molecule has 0 aromatic carbocycles. The zero-order valence-corrected chi connectivity index (χ0v) is 17.2. The van der Waals surface area contributed by atoms with E-state index in [4.69, 9.17) is 4.74 Å². The molecule has 0 bridgehead atoms. The average Bonchev–Trinajstić information content (AvgIpc) is 2.99. The van der Waals surface area contributed by atoms with Crippen LogP contribution in [0.4, 0.5) is 0 Å². The van der Waals surface area contributed by atoms with Crippen molar-refractivity contribution in [2.45, 2.75) is 59.0 Å². The summed E-state index contributed by atoms with van der Waals surface area (Å²) in [6.07, 6.45) is 6.82. The molecule has 2 N–H and O–H groups in total. The molecule has 0 saturated carbocycles. The Morgan fingerprint density at radius 1 is 1.36 bits per heavy atom. The summed E-state index contributed by atoms with van der Waals surface area (Å²) in [6, 6.07) is 0. The number of hydrogen-bond acceptors (Lipinski definition) is 6. The maximum atomic E-state index is 12.5. The molecule has 2 heterocycles. The maximum absolute atomic E-state index is 12.5. The zero-order chi connectivity index (χ0) is 20.3. The van der Waals surface area contributed by atoms with E-state index < -0.39 is 12.1 Å². The molecule has 0 saturated heterocycles. The van der Waals surface area contributed by atoms with Crippen LogP contribution in [0, 0.1) is 13.8 Å². The smallest absolute Gasteiger partial charge is 0.349 e. The first kappa shape index (κ1) is 20.3. The van der Waals surface area contributed by atoms with E-state index in [9.17, 15) is 14.4 Å². The molecular weight excluding hydrogens is 378 g/mol. The van der Waals surface area contributed by atoms with E-state index in [1.807, 2.05) is 0 Å². The first-order valence-corrected chi connectivity index (χ1v) is 10.3. The number of carbonyl (C=O) groups excluding carboxylic acids is 2. The molecule has 0 unspecified atom stereocenters.